The van der Waals surface area contributed by atoms with E-state index in [2.05, 4.69) is 9.97 Å². The monoisotopic (exact) mass is 268 g/mol. The highest BCUT2D eigenvalue weighted by molar-refractivity contribution is 6.42. The van der Waals surface area contributed by atoms with Gasteiger partial charge in [0.05, 0.1) is 22.8 Å². The zero-order chi connectivity index (χ0) is 12.4. The van der Waals surface area contributed by atoms with Crippen LogP contribution in [0.1, 0.15) is 5.69 Å². The van der Waals surface area contributed by atoms with Crippen molar-refractivity contribution in [3.8, 4) is 17.3 Å². The van der Waals surface area contributed by atoms with Crippen molar-refractivity contribution >= 4 is 23.2 Å². The second-order valence-electron chi connectivity index (χ2n) is 3.51. The number of halogens is 2. The van der Waals surface area contributed by atoms with Crippen LogP contribution in [0.5, 0.6) is 6.01 Å². The van der Waals surface area contributed by atoms with Crippen LogP contribution in [0.4, 0.5) is 0 Å². The third kappa shape index (κ3) is 2.68. The van der Waals surface area contributed by atoms with E-state index in [1.165, 1.54) is 7.11 Å². The van der Waals surface area contributed by atoms with Crippen molar-refractivity contribution in [2.75, 3.05) is 7.11 Å². The molecule has 0 radical (unpaired) electrons. The molecule has 0 unspecified atom stereocenters. The van der Waals surface area contributed by atoms with Gasteiger partial charge in [-0.05, 0) is 25.1 Å². The van der Waals surface area contributed by atoms with Gasteiger partial charge in [0.2, 0.25) is 0 Å². The number of hydrogen-bond acceptors (Lipinski definition) is 3. The summed E-state index contributed by atoms with van der Waals surface area (Å²) in [4.78, 5) is 8.38. The molecule has 0 spiro atoms. The molecule has 88 valence electrons. The molecule has 0 N–H and O–H groups in total. The summed E-state index contributed by atoms with van der Waals surface area (Å²) in [6.07, 6.45) is 0. The highest BCUT2D eigenvalue weighted by Crippen LogP contribution is 2.28. The lowest BCUT2D eigenvalue weighted by molar-refractivity contribution is 0.379. The van der Waals surface area contributed by atoms with Gasteiger partial charge < -0.3 is 4.74 Å². The second-order valence-corrected chi connectivity index (χ2v) is 4.32. The first kappa shape index (κ1) is 12.1. The molecule has 2 rings (SSSR count). The van der Waals surface area contributed by atoms with E-state index >= 15 is 0 Å². The van der Waals surface area contributed by atoms with Crippen LogP contribution in [0.25, 0.3) is 11.3 Å². The van der Waals surface area contributed by atoms with E-state index < -0.39 is 0 Å². The summed E-state index contributed by atoms with van der Waals surface area (Å²) < 4.78 is 5.03. The molecule has 1 aromatic heterocycles. The molecule has 0 bridgehead atoms. The van der Waals surface area contributed by atoms with Crippen molar-refractivity contribution in [2.45, 2.75) is 6.92 Å². The van der Waals surface area contributed by atoms with Crippen molar-refractivity contribution < 1.29 is 4.74 Å². The van der Waals surface area contributed by atoms with E-state index in [1.54, 1.807) is 12.1 Å². The van der Waals surface area contributed by atoms with Crippen molar-refractivity contribution in [2.24, 2.45) is 0 Å². The third-order valence-corrected chi connectivity index (χ3v) is 2.97. The maximum absolute atomic E-state index is 5.97. The first-order valence-corrected chi connectivity index (χ1v) is 5.71. The average molecular weight is 269 g/mol. The smallest absolute Gasteiger partial charge is 0.316 e. The first-order valence-electron chi connectivity index (χ1n) is 4.95. The molecule has 0 fully saturated rings. The van der Waals surface area contributed by atoms with Gasteiger partial charge in [-0.25, -0.2) is 4.98 Å². The number of methoxy groups -OCH3 is 1. The Balaban J connectivity index is 2.52. The van der Waals surface area contributed by atoms with Crippen molar-refractivity contribution in [1.82, 2.24) is 9.97 Å². The normalized spacial score (nSPS) is 10.4. The number of benzene rings is 1. The molecule has 1 aromatic carbocycles. The van der Waals surface area contributed by atoms with Crippen LogP contribution in [-0.4, -0.2) is 17.1 Å². The summed E-state index contributed by atoms with van der Waals surface area (Å²) in [5.74, 6) is 0. The van der Waals surface area contributed by atoms with E-state index in [4.69, 9.17) is 27.9 Å². The third-order valence-electron chi connectivity index (χ3n) is 2.23. The molecule has 0 aliphatic rings. The minimum Gasteiger partial charge on any atom is -0.467 e. The number of ether oxygens (including phenoxy) is 1. The van der Waals surface area contributed by atoms with Gasteiger partial charge in [-0.15, -0.1) is 0 Å². The van der Waals surface area contributed by atoms with Crippen LogP contribution in [-0.2, 0) is 0 Å². The van der Waals surface area contributed by atoms with Crippen molar-refractivity contribution in [1.29, 1.82) is 0 Å². The summed E-state index contributed by atoms with van der Waals surface area (Å²) in [5.41, 5.74) is 2.47. The van der Waals surface area contributed by atoms with Gasteiger partial charge >= 0.3 is 6.01 Å². The number of rotatable bonds is 2. The largest absolute Gasteiger partial charge is 0.467 e. The quantitative estimate of drug-likeness (QED) is 0.832. The Morgan fingerprint density at radius 3 is 2.47 bits per heavy atom. The minimum atomic E-state index is 0.339. The predicted molar refractivity (Wildman–Crippen MR) is 68.8 cm³/mol. The lowest BCUT2D eigenvalue weighted by atomic mass is 10.1. The zero-order valence-electron chi connectivity index (χ0n) is 9.37. The van der Waals surface area contributed by atoms with Gasteiger partial charge in [-0.3, -0.25) is 0 Å². The van der Waals surface area contributed by atoms with E-state index in [0.717, 1.165) is 17.0 Å². The summed E-state index contributed by atoms with van der Waals surface area (Å²) in [6.45, 7) is 1.88. The molecule has 2 aromatic rings. The average Bonchev–Trinajstić information content (AvgIpc) is 2.32. The van der Waals surface area contributed by atoms with E-state index in [-0.39, 0.29) is 0 Å². The maximum Gasteiger partial charge on any atom is 0.316 e. The SMILES string of the molecule is COc1nc(C)cc(-c2ccc(Cl)c(Cl)c2)n1. The molecule has 0 aliphatic heterocycles. The van der Waals surface area contributed by atoms with Crippen LogP contribution >= 0.6 is 23.2 Å². The molecule has 5 heteroatoms. The molecule has 17 heavy (non-hydrogen) atoms. The Morgan fingerprint density at radius 2 is 1.82 bits per heavy atom. The molecular formula is C12H10Cl2N2O. The Labute approximate surface area is 109 Å². The summed E-state index contributed by atoms with van der Waals surface area (Å²) in [6, 6.07) is 7.57. The highest BCUT2D eigenvalue weighted by Gasteiger charge is 2.06. The number of aryl methyl sites for hydroxylation is 1. The topological polar surface area (TPSA) is 35.0 Å². The Morgan fingerprint density at radius 1 is 1.06 bits per heavy atom. The van der Waals surface area contributed by atoms with Crippen molar-refractivity contribution in [3.63, 3.8) is 0 Å². The van der Waals surface area contributed by atoms with Crippen LogP contribution in [0, 0.1) is 6.92 Å². The fourth-order valence-corrected chi connectivity index (χ4v) is 1.73. The number of aromatic nitrogens is 2. The van der Waals surface area contributed by atoms with Crippen LogP contribution in [0.2, 0.25) is 10.0 Å². The first-order chi connectivity index (χ1) is 8.10. The van der Waals surface area contributed by atoms with Gasteiger partial charge in [0, 0.05) is 11.3 Å². The Hall–Kier alpha value is -1.32. The van der Waals surface area contributed by atoms with E-state index in [1.807, 2.05) is 19.1 Å². The highest BCUT2D eigenvalue weighted by atomic mass is 35.5. The van der Waals surface area contributed by atoms with Gasteiger partial charge in [0.1, 0.15) is 0 Å². The van der Waals surface area contributed by atoms with Crippen LogP contribution < -0.4 is 4.74 Å². The standard InChI is InChI=1S/C12H10Cl2N2O/c1-7-5-11(16-12(15-7)17-2)8-3-4-9(13)10(14)6-8/h3-6H,1-2H3. The van der Waals surface area contributed by atoms with Gasteiger partial charge in [-0.1, -0.05) is 29.3 Å². The predicted octanol–water partition coefficient (Wildman–Crippen LogP) is 3.77. The fraction of sp³-hybridized carbons (Fsp3) is 0.167. The molecule has 0 atom stereocenters. The summed E-state index contributed by atoms with van der Waals surface area (Å²) in [5, 5.41) is 1.02. The zero-order valence-corrected chi connectivity index (χ0v) is 10.9. The van der Waals surface area contributed by atoms with Crippen LogP contribution in [0.3, 0.4) is 0 Å². The molecule has 0 saturated carbocycles. The summed E-state index contributed by atoms with van der Waals surface area (Å²) >= 11 is 11.8. The second kappa shape index (κ2) is 4.90. The number of hydrogen-bond donors (Lipinski definition) is 0. The molecule has 0 aliphatic carbocycles. The van der Waals surface area contributed by atoms with Crippen molar-refractivity contribution in [3.05, 3.63) is 40.0 Å². The van der Waals surface area contributed by atoms with Gasteiger partial charge in [-0.2, -0.15) is 4.98 Å². The molecule has 0 amide bonds. The molecule has 1 heterocycles. The van der Waals surface area contributed by atoms with Gasteiger partial charge in [0.15, 0.2) is 0 Å². The summed E-state index contributed by atoms with van der Waals surface area (Å²) in [7, 11) is 1.54. The molecular weight excluding hydrogens is 259 g/mol. The Bertz CT molecular complexity index is 558. The Kier molecular flexibility index (Phi) is 3.50. The molecule has 3 nitrogen and oxygen atoms in total. The lowest BCUT2D eigenvalue weighted by Gasteiger charge is -2.05. The molecule has 0 saturated heterocycles. The van der Waals surface area contributed by atoms with E-state index in [0.29, 0.717) is 16.1 Å². The maximum atomic E-state index is 5.97. The van der Waals surface area contributed by atoms with E-state index in [9.17, 15) is 0 Å². The fourth-order valence-electron chi connectivity index (χ4n) is 1.44. The van der Waals surface area contributed by atoms with Gasteiger partial charge in [0.25, 0.3) is 0 Å². The lowest BCUT2D eigenvalue weighted by Crippen LogP contribution is -1.96. The minimum absolute atomic E-state index is 0.339. The number of nitrogens with zero attached hydrogens (tertiary/aromatic N) is 2. The van der Waals surface area contributed by atoms with Crippen LogP contribution in [0.15, 0.2) is 24.3 Å².